The first-order chi connectivity index (χ1) is 9.53. The molecule has 5 heteroatoms. The standard InChI is InChI=1S/C15H24N2O2S/c1-3-20(18,19)15-9-5-4-8-14(15)16-13(2)12-17-10-6-7-11-17/h4-5,8-9,13,16H,3,6-7,10-12H2,1-2H3. The van der Waals surface area contributed by atoms with Crippen LogP contribution in [0.5, 0.6) is 0 Å². The molecule has 112 valence electrons. The highest BCUT2D eigenvalue weighted by Gasteiger charge is 2.19. The Hall–Kier alpha value is -1.07. The fraction of sp³-hybridized carbons (Fsp3) is 0.600. The van der Waals surface area contributed by atoms with E-state index in [-0.39, 0.29) is 11.8 Å². The van der Waals surface area contributed by atoms with Gasteiger partial charge in [-0.05, 0) is 45.0 Å². The van der Waals surface area contributed by atoms with Crippen LogP contribution in [0.4, 0.5) is 5.69 Å². The van der Waals surface area contributed by atoms with Crippen molar-refractivity contribution in [1.82, 2.24) is 4.90 Å². The third kappa shape index (κ3) is 3.73. The zero-order chi connectivity index (χ0) is 14.6. The molecule has 1 saturated heterocycles. The highest BCUT2D eigenvalue weighted by atomic mass is 32.2. The third-order valence-corrected chi connectivity index (χ3v) is 5.52. The third-order valence-electron chi connectivity index (χ3n) is 3.73. The summed E-state index contributed by atoms with van der Waals surface area (Å²) in [5.41, 5.74) is 0.723. The number of rotatable bonds is 6. The molecule has 0 spiro atoms. The van der Waals surface area contributed by atoms with E-state index in [0.717, 1.165) is 25.3 Å². The first-order valence-electron chi connectivity index (χ1n) is 7.33. The van der Waals surface area contributed by atoms with Gasteiger partial charge in [0.05, 0.1) is 16.3 Å². The average Bonchev–Trinajstić information content (AvgIpc) is 2.92. The molecule has 1 atom stereocenters. The van der Waals surface area contributed by atoms with Crippen molar-refractivity contribution >= 4 is 15.5 Å². The molecule has 1 N–H and O–H groups in total. The van der Waals surface area contributed by atoms with E-state index in [2.05, 4.69) is 17.1 Å². The first-order valence-corrected chi connectivity index (χ1v) is 8.99. The zero-order valence-electron chi connectivity index (χ0n) is 12.3. The molecular weight excluding hydrogens is 272 g/mol. The second-order valence-electron chi connectivity index (χ2n) is 5.45. The Kier molecular flexibility index (Phi) is 5.05. The molecule has 0 radical (unpaired) electrons. The molecule has 1 aromatic rings. The second kappa shape index (κ2) is 6.59. The lowest BCUT2D eigenvalue weighted by Crippen LogP contribution is -2.33. The van der Waals surface area contributed by atoms with Gasteiger partial charge in [-0.3, -0.25) is 0 Å². The van der Waals surface area contributed by atoms with Crippen molar-refractivity contribution in [2.45, 2.75) is 37.6 Å². The smallest absolute Gasteiger partial charge is 0.180 e. The molecule has 1 aliphatic rings. The number of nitrogens with one attached hydrogen (secondary N) is 1. The minimum absolute atomic E-state index is 0.131. The summed E-state index contributed by atoms with van der Waals surface area (Å²) in [6.45, 7) is 7.05. The van der Waals surface area contributed by atoms with Gasteiger partial charge in [-0.2, -0.15) is 0 Å². The van der Waals surface area contributed by atoms with Gasteiger partial charge in [0.2, 0.25) is 0 Å². The summed E-state index contributed by atoms with van der Waals surface area (Å²) in [6.07, 6.45) is 2.54. The summed E-state index contributed by atoms with van der Waals surface area (Å²) in [7, 11) is -3.18. The Morgan fingerprint density at radius 3 is 2.55 bits per heavy atom. The maximum atomic E-state index is 12.1. The van der Waals surface area contributed by atoms with Crippen molar-refractivity contribution in [3.63, 3.8) is 0 Å². The highest BCUT2D eigenvalue weighted by molar-refractivity contribution is 7.91. The van der Waals surface area contributed by atoms with E-state index in [1.165, 1.54) is 12.8 Å². The number of hydrogen-bond acceptors (Lipinski definition) is 4. The van der Waals surface area contributed by atoms with Gasteiger partial charge in [-0.15, -0.1) is 0 Å². The molecule has 20 heavy (non-hydrogen) atoms. The molecule has 0 bridgehead atoms. The maximum Gasteiger partial charge on any atom is 0.180 e. The number of hydrogen-bond donors (Lipinski definition) is 1. The monoisotopic (exact) mass is 296 g/mol. The number of sulfone groups is 1. The van der Waals surface area contributed by atoms with Crippen molar-refractivity contribution in [3.8, 4) is 0 Å². The fourth-order valence-electron chi connectivity index (χ4n) is 2.68. The van der Waals surface area contributed by atoms with E-state index in [9.17, 15) is 8.42 Å². The van der Waals surface area contributed by atoms with E-state index in [1.807, 2.05) is 12.1 Å². The van der Waals surface area contributed by atoms with Crippen LogP contribution in [0.3, 0.4) is 0 Å². The van der Waals surface area contributed by atoms with Gasteiger partial charge >= 0.3 is 0 Å². The summed E-state index contributed by atoms with van der Waals surface area (Å²) in [5, 5.41) is 3.36. The Morgan fingerprint density at radius 1 is 1.25 bits per heavy atom. The normalized spacial score (nSPS) is 18.1. The van der Waals surface area contributed by atoms with Gasteiger partial charge in [0, 0.05) is 12.6 Å². The van der Waals surface area contributed by atoms with E-state index < -0.39 is 9.84 Å². The lowest BCUT2D eigenvalue weighted by molar-refractivity contribution is 0.327. The highest BCUT2D eigenvalue weighted by Crippen LogP contribution is 2.23. The molecule has 1 unspecified atom stereocenters. The van der Waals surface area contributed by atoms with Crippen molar-refractivity contribution in [2.75, 3.05) is 30.7 Å². The zero-order valence-corrected chi connectivity index (χ0v) is 13.1. The second-order valence-corrected chi connectivity index (χ2v) is 7.70. The van der Waals surface area contributed by atoms with Crippen LogP contribution < -0.4 is 5.32 Å². The number of anilines is 1. The van der Waals surface area contributed by atoms with Crippen LogP contribution in [0.15, 0.2) is 29.2 Å². The van der Waals surface area contributed by atoms with Crippen LogP contribution in [0.2, 0.25) is 0 Å². The van der Waals surface area contributed by atoms with E-state index in [1.54, 1.807) is 19.1 Å². The summed E-state index contributed by atoms with van der Waals surface area (Å²) >= 11 is 0. The van der Waals surface area contributed by atoms with Gasteiger partial charge in [-0.1, -0.05) is 19.1 Å². The fourth-order valence-corrected chi connectivity index (χ4v) is 3.74. The molecule has 2 rings (SSSR count). The largest absolute Gasteiger partial charge is 0.380 e. The summed E-state index contributed by atoms with van der Waals surface area (Å²) < 4.78 is 24.2. The van der Waals surface area contributed by atoms with Crippen LogP contribution in [0.25, 0.3) is 0 Å². The predicted octanol–water partition coefficient (Wildman–Crippen LogP) is 2.38. The lowest BCUT2D eigenvalue weighted by Gasteiger charge is -2.23. The molecule has 0 amide bonds. The average molecular weight is 296 g/mol. The lowest BCUT2D eigenvalue weighted by atomic mass is 10.2. The van der Waals surface area contributed by atoms with Crippen LogP contribution in [-0.2, 0) is 9.84 Å². The summed E-state index contributed by atoms with van der Waals surface area (Å²) in [6, 6.07) is 7.42. The molecule has 1 aromatic carbocycles. The Balaban J connectivity index is 2.09. The molecule has 1 heterocycles. The van der Waals surface area contributed by atoms with E-state index in [4.69, 9.17) is 0 Å². The Bertz CT molecular complexity index is 537. The molecule has 0 saturated carbocycles. The van der Waals surface area contributed by atoms with E-state index in [0.29, 0.717) is 4.90 Å². The number of nitrogens with zero attached hydrogens (tertiary/aromatic N) is 1. The number of likely N-dealkylation sites (tertiary alicyclic amines) is 1. The maximum absolute atomic E-state index is 12.1. The molecule has 4 nitrogen and oxygen atoms in total. The Morgan fingerprint density at radius 2 is 1.90 bits per heavy atom. The first kappa shape index (κ1) is 15.3. The molecule has 0 aliphatic carbocycles. The predicted molar refractivity (Wildman–Crippen MR) is 82.9 cm³/mol. The van der Waals surface area contributed by atoms with Gasteiger partial charge in [0.1, 0.15) is 0 Å². The summed E-state index contributed by atoms with van der Waals surface area (Å²) in [5.74, 6) is 0.131. The minimum atomic E-state index is -3.18. The van der Waals surface area contributed by atoms with Gasteiger partial charge in [0.15, 0.2) is 9.84 Å². The molecule has 1 fully saturated rings. The quantitative estimate of drug-likeness (QED) is 0.875. The van der Waals surface area contributed by atoms with Crippen molar-refractivity contribution in [3.05, 3.63) is 24.3 Å². The number of benzene rings is 1. The van der Waals surface area contributed by atoms with Crippen LogP contribution in [0.1, 0.15) is 26.7 Å². The SMILES string of the molecule is CCS(=O)(=O)c1ccccc1NC(C)CN1CCCC1. The van der Waals surface area contributed by atoms with Crippen LogP contribution in [0, 0.1) is 0 Å². The van der Waals surface area contributed by atoms with Gasteiger partial charge in [-0.25, -0.2) is 8.42 Å². The van der Waals surface area contributed by atoms with Crippen LogP contribution >= 0.6 is 0 Å². The van der Waals surface area contributed by atoms with Crippen molar-refractivity contribution in [2.24, 2.45) is 0 Å². The van der Waals surface area contributed by atoms with Gasteiger partial charge in [0.25, 0.3) is 0 Å². The minimum Gasteiger partial charge on any atom is -0.380 e. The van der Waals surface area contributed by atoms with Gasteiger partial charge < -0.3 is 10.2 Å². The van der Waals surface area contributed by atoms with Crippen LogP contribution in [-0.4, -0.2) is 44.7 Å². The molecular formula is C15H24N2O2S. The topological polar surface area (TPSA) is 49.4 Å². The van der Waals surface area contributed by atoms with Crippen molar-refractivity contribution in [1.29, 1.82) is 0 Å². The molecule has 1 aliphatic heterocycles. The number of para-hydroxylation sites is 1. The van der Waals surface area contributed by atoms with Crippen molar-refractivity contribution < 1.29 is 8.42 Å². The Labute approximate surface area is 122 Å². The van der Waals surface area contributed by atoms with E-state index >= 15 is 0 Å². The molecule has 0 aromatic heterocycles. The summed E-state index contributed by atoms with van der Waals surface area (Å²) in [4.78, 5) is 2.84.